The molecule has 1 N–H and O–H groups in total. The molecule has 6 nitrogen and oxygen atoms in total. The smallest absolute Gasteiger partial charge is 0.410 e. The van der Waals surface area contributed by atoms with Crippen molar-refractivity contribution in [3.8, 4) is 0 Å². The van der Waals surface area contributed by atoms with Crippen LogP contribution in [0.15, 0.2) is 0 Å². The molecule has 3 atom stereocenters. The van der Waals surface area contributed by atoms with Crippen molar-refractivity contribution in [2.24, 2.45) is 5.92 Å². The molecule has 102 valence electrons. The number of rotatable bonds is 1. The number of fused-ring (bicyclic) bond motifs is 1. The van der Waals surface area contributed by atoms with Crippen molar-refractivity contribution in [3.63, 3.8) is 0 Å². The molecule has 1 saturated carbocycles. The van der Waals surface area contributed by atoms with Gasteiger partial charge in [0, 0.05) is 12.5 Å². The second kappa shape index (κ2) is 4.33. The maximum absolute atomic E-state index is 12.0. The summed E-state index contributed by atoms with van der Waals surface area (Å²) in [6, 6.07) is 0.0499. The average Bonchev–Trinajstić information content (AvgIpc) is 2.80. The highest BCUT2D eigenvalue weighted by Gasteiger charge is 2.55. The van der Waals surface area contributed by atoms with E-state index in [2.05, 4.69) is 10.1 Å². The monoisotopic (exact) mass is 256 g/mol. The number of hydrogen-bond donors (Lipinski definition) is 1. The molecule has 0 aromatic rings. The Morgan fingerprint density at radius 1 is 1.33 bits per heavy atom. The summed E-state index contributed by atoms with van der Waals surface area (Å²) in [7, 11) is 1.33. The maximum atomic E-state index is 12.0. The average molecular weight is 256 g/mol. The molecular formula is C12H20N2O4. The highest BCUT2D eigenvalue weighted by Crippen LogP contribution is 2.41. The van der Waals surface area contributed by atoms with Crippen LogP contribution in [-0.4, -0.2) is 48.4 Å². The lowest BCUT2D eigenvalue weighted by atomic mass is 9.80. The molecule has 3 fully saturated rings. The molecule has 2 saturated heterocycles. The molecule has 0 unspecified atom stereocenters. The van der Waals surface area contributed by atoms with Crippen LogP contribution in [0.5, 0.6) is 0 Å². The van der Waals surface area contributed by atoms with Crippen molar-refractivity contribution in [1.29, 1.82) is 0 Å². The Labute approximate surface area is 107 Å². The fourth-order valence-electron chi connectivity index (χ4n) is 2.56. The summed E-state index contributed by atoms with van der Waals surface area (Å²) < 4.78 is 9.91. The van der Waals surface area contributed by atoms with E-state index in [9.17, 15) is 9.59 Å². The predicted octanol–water partition coefficient (Wildman–Crippen LogP) is 1.35. The summed E-state index contributed by atoms with van der Waals surface area (Å²) in [6.45, 7) is 6.18. The van der Waals surface area contributed by atoms with Gasteiger partial charge in [-0.3, -0.25) is 0 Å². The Hall–Kier alpha value is -1.46. The third-order valence-corrected chi connectivity index (χ3v) is 3.40. The fourth-order valence-corrected chi connectivity index (χ4v) is 2.56. The zero-order valence-electron chi connectivity index (χ0n) is 11.2. The zero-order valence-corrected chi connectivity index (χ0v) is 11.2. The van der Waals surface area contributed by atoms with Crippen LogP contribution in [0.2, 0.25) is 0 Å². The summed E-state index contributed by atoms with van der Waals surface area (Å²) in [5.74, 6) is 0.321. The number of nitrogens with one attached hydrogen (secondary N) is 1. The van der Waals surface area contributed by atoms with Gasteiger partial charge in [-0.15, -0.1) is 0 Å². The number of ether oxygens (including phenoxy) is 2. The van der Waals surface area contributed by atoms with E-state index in [1.165, 1.54) is 7.11 Å². The molecule has 2 bridgehead atoms. The summed E-state index contributed by atoms with van der Waals surface area (Å²) in [5, 5.41) is 2.77. The summed E-state index contributed by atoms with van der Waals surface area (Å²) >= 11 is 0. The van der Waals surface area contributed by atoms with E-state index in [-0.39, 0.29) is 18.2 Å². The lowest BCUT2D eigenvalue weighted by Gasteiger charge is -2.36. The molecule has 0 aromatic heterocycles. The first-order valence-corrected chi connectivity index (χ1v) is 6.16. The zero-order chi connectivity index (χ0) is 13.5. The molecule has 0 spiro atoms. The fraction of sp³-hybridized carbons (Fsp3) is 0.833. The van der Waals surface area contributed by atoms with E-state index in [0.29, 0.717) is 12.5 Å². The molecule has 3 rings (SSSR count). The quantitative estimate of drug-likeness (QED) is 0.769. The SMILES string of the molecule is COC(=O)N[C@@H]1[C@H]2C[C@@H]1N(C(=O)OC(C)(C)C)C2. The van der Waals surface area contributed by atoms with Crippen LogP contribution in [0.25, 0.3) is 0 Å². The van der Waals surface area contributed by atoms with E-state index < -0.39 is 11.7 Å². The van der Waals surface area contributed by atoms with E-state index in [1.807, 2.05) is 20.8 Å². The molecule has 0 aromatic carbocycles. The van der Waals surface area contributed by atoms with Gasteiger partial charge in [0.15, 0.2) is 0 Å². The van der Waals surface area contributed by atoms with Crippen LogP contribution in [-0.2, 0) is 9.47 Å². The van der Waals surface area contributed by atoms with Gasteiger partial charge in [0.05, 0.1) is 19.2 Å². The molecule has 2 aliphatic heterocycles. The molecule has 2 heterocycles. The topological polar surface area (TPSA) is 67.9 Å². The van der Waals surface area contributed by atoms with Gasteiger partial charge in [-0.05, 0) is 27.2 Å². The molecule has 18 heavy (non-hydrogen) atoms. The maximum Gasteiger partial charge on any atom is 0.410 e. The number of nitrogens with zero attached hydrogens (tertiary/aromatic N) is 1. The number of hydrogen-bond acceptors (Lipinski definition) is 4. The number of carbonyl (C=O) groups is 2. The normalized spacial score (nSPS) is 29.6. The van der Waals surface area contributed by atoms with Gasteiger partial charge in [0.25, 0.3) is 0 Å². The summed E-state index contributed by atoms with van der Waals surface area (Å²) in [4.78, 5) is 24.8. The van der Waals surface area contributed by atoms with E-state index in [0.717, 1.165) is 6.42 Å². The van der Waals surface area contributed by atoms with Crippen molar-refractivity contribution < 1.29 is 19.1 Å². The minimum Gasteiger partial charge on any atom is -0.453 e. The molecule has 1 aliphatic carbocycles. The van der Waals surface area contributed by atoms with Crippen LogP contribution in [0.1, 0.15) is 27.2 Å². The highest BCUT2D eigenvalue weighted by molar-refractivity contribution is 5.71. The van der Waals surface area contributed by atoms with Gasteiger partial charge in [-0.1, -0.05) is 0 Å². The van der Waals surface area contributed by atoms with Crippen molar-refractivity contribution >= 4 is 12.2 Å². The second-order valence-electron chi connectivity index (χ2n) is 5.86. The minimum atomic E-state index is -0.491. The minimum absolute atomic E-state index is 0.00460. The van der Waals surface area contributed by atoms with Gasteiger partial charge < -0.3 is 19.7 Å². The van der Waals surface area contributed by atoms with Gasteiger partial charge in [0.2, 0.25) is 0 Å². The van der Waals surface area contributed by atoms with Crippen molar-refractivity contribution in [2.45, 2.75) is 44.9 Å². The third-order valence-electron chi connectivity index (χ3n) is 3.40. The first-order valence-electron chi connectivity index (χ1n) is 6.16. The van der Waals surface area contributed by atoms with E-state index in [1.54, 1.807) is 4.90 Å². The lowest BCUT2D eigenvalue weighted by molar-refractivity contribution is 0.0222. The Morgan fingerprint density at radius 2 is 2.00 bits per heavy atom. The van der Waals surface area contributed by atoms with Gasteiger partial charge in [-0.25, -0.2) is 9.59 Å². The number of amides is 2. The largest absolute Gasteiger partial charge is 0.453 e. The van der Waals surface area contributed by atoms with Crippen LogP contribution >= 0.6 is 0 Å². The number of methoxy groups -OCH3 is 1. The lowest BCUT2D eigenvalue weighted by Crippen LogP contribution is -2.55. The third kappa shape index (κ3) is 2.37. The molecule has 3 aliphatic rings. The second-order valence-corrected chi connectivity index (χ2v) is 5.86. The first-order chi connectivity index (χ1) is 8.31. The first kappa shape index (κ1) is 13.0. The summed E-state index contributed by atoms with van der Waals surface area (Å²) in [6.07, 6.45) is 0.179. The van der Waals surface area contributed by atoms with Gasteiger partial charge >= 0.3 is 12.2 Å². The number of carbonyl (C=O) groups excluding carboxylic acids is 2. The molecule has 6 heteroatoms. The van der Waals surface area contributed by atoms with Gasteiger partial charge in [0.1, 0.15) is 5.60 Å². The Bertz CT molecular complexity index is 364. The highest BCUT2D eigenvalue weighted by atomic mass is 16.6. The standard InChI is InChI=1S/C12H20N2O4/c1-12(2,3)18-11(16)14-6-7-5-8(14)9(7)13-10(15)17-4/h7-9H,5-6H2,1-4H3,(H,13,15)/t7-,8-,9+/m0/s1. The Kier molecular flexibility index (Phi) is 3.12. The van der Waals surface area contributed by atoms with Crippen LogP contribution in [0.3, 0.4) is 0 Å². The van der Waals surface area contributed by atoms with Crippen LogP contribution in [0.4, 0.5) is 9.59 Å². The van der Waals surface area contributed by atoms with Crippen LogP contribution in [0, 0.1) is 5.92 Å². The van der Waals surface area contributed by atoms with Crippen molar-refractivity contribution in [3.05, 3.63) is 0 Å². The molecule has 2 amide bonds. The molecule has 0 radical (unpaired) electrons. The van der Waals surface area contributed by atoms with Gasteiger partial charge in [-0.2, -0.15) is 0 Å². The van der Waals surface area contributed by atoms with Crippen molar-refractivity contribution in [2.75, 3.05) is 13.7 Å². The molecular weight excluding hydrogens is 236 g/mol. The summed E-state index contributed by atoms with van der Waals surface area (Å²) in [5.41, 5.74) is -0.491. The van der Waals surface area contributed by atoms with E-state index in [4.69, 9.17) is 4.74 Å². The van der Waals surface area contributed by atoms with Crippen LogP contribution < -0.4 is 5.32 Å². The Morgan fingerprint density at radius 3 is 2.56 bits per heavy atom. The number of alkyl carbamates (subject to hydrolysis) is 1. The Balaban J connectivity index is 1.91. The predicted molar refractivity (Wildman–Crippen MR) is 64.2 cm³/mol. The van der Waals surface area contributed by atoms with E-state index >= 15 is 0 Å². The van der Waals surface area contributed by atoms with Crippen molar-refractivity contribution in [1.82, 2.24) is 10.2 Å².